The van der Waals surface area contributed by atoms with E-state index < -0.39 is 17.6 Å². The zero-order valence-corrected chi connectivity index (χ0v) is 14.1. The summed E-state index contributed by atoms with van der Waals surface area (Å²) in [7, 11) is 0. The van der Waals surface area contributed by atoms with Crippen molar-refractivity contribution in [3.8, 4) is 11.4 Å². The van der Waals surface area contributed by atoms with Crippen molar-refractivity contribution >= 4 is 28.3 Å². The van der Waals surface area contributed by atoms with E-state index in [0.717, 1.165) is 29.2 Å². The van der Waals surface area contributed by atoms with Crippen molar-refractivity contribution in [3.63, 3.8) is 0 Å². The molecule has 0 bridgehead atoms. The predicted molar refractivity (Wildman–Crippen MR) is 93.9 cm³/mol. The average Bonchev–Trinajstić information content (AvgIpc) is 3.09. The van der Waals surface area contributed by atoms with Crippen LogP contribution in [0.15, 0.2) is 54.6 Å². The van der Waals surface area contributed by atoms with E-state index in [1.807, 2.05) is 30.3 Å². The normalized spacial score (nSPS) is 11.2. The highest BCUT2D eigenvalue weighted by molar-refractivity contribution is 7.10. The number of hydrogen-bond donors (Lipinski definition) is 2. The molecule has 0 saturated carbocycles. The Hall–Kier alpha value is -2.94. The van der Waals surface area contributed by atoms with E-state index in [0.29, 0.717) is 11.0 Å². The molecule has 0 aliphatic heterocycles. The number of nitrogens with zero attached hydrogens (tertiary/aromatic N) is 2. The summed E-state index contributed by atoms with van der Waals surface area (Å²) in [5, 5.41) is 5.55. The smallest absolute Gasteiger partial charge is 0.376 e. The van der Waals surface area contributed by atoms with Gasteiger partial charge in [-0.05, 0) is 18.2 Å². The molecule has 0 aliphatic rings. The largest absolute Gasteiger partial charge is 0.416 e. The van der Waals surface area contributed by atoms with Crippen molar-refractivity contribution in [2.24, 2.45) is 0 Å². The molecule has 26 heavy (non-hydrogen) atoms. The van der Waals surface area contributed by atoms with Crippen LogP contribution in [0.1, 0.15) is 5.56 Å². The second kappa shape index (κ2) is 7.52. The molecule has 3 aromatic rings. The second-order valence-corrected chi connectivity index (χ2v) is 6.02. The van der Waals surface area contributed by atoms with Crippen LogP contribution >= 0.6 is 11.5 Å². The Morgan fingerprint density at radius 1 is 1.08 bits per heavy atom. The summed E-state index contributed by atoms with van der Waals surface area (Å²) in [4.78, 5) is 16.2. The van der Waals surface area contributed by atoms with Crippen LogP contribution in [0.2, 0.25) is 0 Å². The fourth-order valence-corrected chi connectivity index (χ4v) is 2.74. The molecule has 134 valence electrons. The fraction of sp³-hybridized carbons (Fsp3) is 0.118. The minimum atomic E-state index is -4.43. The Kier molecular flexibility index (Phi) is 5.17. The summed E-state index contributed by atoms with van der Waals surface area (Å²) in [6.07, 6.45) is -4.43. The van der Waals surface area contributed by atoms with Crippen molar-refractivity contribution < 1.29 is 18.0 Å². The van der Waals surface area contributed by atoms with E-state index in [9.17, 15) is 18.0 Å². The van der Waals surface area contributed by atoms with E-state index in [1.54, 1.807) is 0 Å². The lowest BCUT2D eigenvalue weighted by atomic mass is 10.2. The molecule has 2 aromatic carbocycles. The van der Waals surface area contributed by atoms with Crippen LogP contribution in [0.5, 0.6) is 0 Å². The fourth-order valence-electron chi connectivity index (χ4n) is 2.13. The molecule has 0 spiro atoms. The molecular weight excluding hydrogens is 365 g/mol. The highest BCUT2D eigenvalue weighted by Crippen LogP contribution is 2.30. The zero-order chi connectivity index (χ0) is 18.6. The molecule has 1 amide bonds. The number of carbonyl (C=O) groups is 1. The number of carbonyl (C=O) groups excluding carboxylic acids is 1. The van der Waals surface area contributed by atoms with Crippen LogP contribution < -0.4 is 10.6 Å². The highest BCUT2D eigenvalue weighted by Gasteiger charge is 2.30. The van der Waals surface area contributed by atoms with E-state index in [4.69, 9.17) is 0 Å². The number of benzene rings is 2. The SMILES string of the molecule is O=C(CNc1cccc(C(F)(F)F)c1)Nc1nc(-c2ccccc2)ns1. The molecule has 0 fully saturated rings. The van der Waals surface area contributed by atoms with Crippen LogP contribution in [-0.4, -0.2) is 21.8 Å². The number of aromatic nitrogens is 2. The summed E-state index contributed by atoms with van der Waals surface area (Å²) in [5.74, 6) is 0.0647. The van der Waals surface area contributed by atoms with Gasteiger partial charge in [-0.15, -0.1) is 0 Å². The number of amides is 1. The lowest BCUT2D eigenvalue weighted by Gasteiger charge is -2.10. The quantitative estimate of drug-likeness (QED) is 0.696. The molecule has 0 atom stereocenters. The topological polar surface area (TPSA) is 66.9 Å². The molecule has 0 aliphatic carbocycles. The van der Waals surface area contributed by atoms with Crippen molar-refractivity contribution in [2.75, 3.05) is 17.2 Å². The third-order valence-electron chi connectivity index (χ3n) is 3.35. The van der Waals surface area contributed by atoms with Gasteiger partial charge in [0.25, 0.3) is 0 Å². The van der Waals surface area contributed by atoms with Crippen molar-refractivity contribution in [1.29, 1.82) is 0 Å². The van der Waals surface area contributed by atoms with Crippen molar-refractivity contribution in [2.45, 2.75) is 6.18 Å². The van der Waals surface area contributed by atoms with E-state index >= 15 is 0 Å². The molecule has 0 radical (unpaired) electrons. The maximum atomic E-state index is 12.7. The van der Waals surface area contributed by atoms with Crippen molar-refractivity contribution in [3.05, 3.63) is 60.2 Å². The second-order valence-electron chi connectivity index (χ2n) is 5.27. The monoisotopic (exact) mass is 378 g/mol. The van der Waals surface area contributed by atoms with Gasteiger partial charge in [0.05, 0.1) is 12.1 Å². The number of halogens is 3. The Labute approximate surface area is 151 Å². The number of nitrogens with one attached hydrogen (secondary N) is 2. The molecule has 0 unspecified atom stereocenters. The summed E-state index contributed by atoms with van der Waals surface area (Å²) >= 11 is 1.03. The number of rotatable bonds is 5. The van der Waals surface area contributed by atoms with Crippen LogP contribution in [0.3, 0.4) is 0 Å². The number of hydrogen-bond acceptors (Lipinski definition) is 5. The summed E-state index contributed by atoms with van der Waals surface area (Å²) in [5.41, 5.74) is 0.253. The standard InChI is InChI=1S/C17H13F3N4OS/c18-17(19,20)12-7-4-8-13(9-12)21-10-14(25)22-16-23-15(24-26-16)11-5-2-1-3-6-11/h1-9,21H,10H2,(H,22,23,24,25). The lowest BCUT2D eigenvalue weighted by Crippen LogP contribution is -2.21. The van der Waals surface area contributed by atoms with Crippen LogP contribution in [-0.2, 0) is 11.0 Å². The number of alkyl halides is 3. The van der Waals surface area contributed by atoms with Gasteiger partial charge in [-0.3, -0.25) is 10.1 Å². The van der Waals surface area contributed by atoms with Crippen molar-refractivity contribution in [1.82, 2.24) is 9.36 Å². The highest BCUT2D eigenvalue weighted by atomic mass is 32.1. The summed E-state index contributed by atoms with van der Waals surface area (Å²) < 4.78 is 42.2. The minimum Gasteiger partial charge on any atom is -0.376 e. The van der Waals surface area contributed by atoms with E-state index in [1.165, 1.54) is 12.1 Å². The predicted octanol–water partition coefficient (Wildman–Crippen LogP) is 4.27. The average molecular weight is 378 g/mol. The Balaban J connectivity index is 1.58. The summed E-state index contributed by atoms with van der Waals surface area (Å²) in [6.45, 7) is -0.193. The van der Waals surface area contributed by atoms with Gasteiger partial charge in [0, 0.05) is 22.8 Å². The Morgan fingerprint density at radius 3 is 2.58 bits per heavy atom. The van der Waals surface area contributed by atoms with Gasteiger partial charge in [0.15, 0.2) is 5.82 Å². The maximum Gasteiger partial charge on any atom is 0.416 e. The first-order chi connectivity index (χ1) is 12.4. The van der Waals surface area contributed by atoms with Gasteiger partial charge < -0.3 is 5.32 Å². The molecule has 9 heteroatoms. The Morgan fingerprint density at radius 2 is 1.85 bits per heavy atom. The molecule has 0 saturated heterocycles. The molecule has 2 N–H and O–H groups in total. The maximum absolute atomic E-state index is 12.7. The minimum absolute atomic E-state index is 0.193. The number of anilines is 2. The zero-order valence-electron chi connectivity index (χ0n) is 13.2. The first-order valence-electron chi connectivity index (χ1n) is 7.52. The van der Waals surface area contributed by atoms with E-state index in [2.05, 4.69) is 20.0 Å². The van der Waals surface area contributed by atoms with E-state index in [-0.39, 0.29) is 12.2 Å². The molecule has 3 rings (SSSR count). The van der Waals surface area contributed by atoms with Gasteiger partial charge in [-0.25, -0.2) is 0 Å². The van der Waals surface area contributed by atoms with Gasteiger partial charge in [0.2, 0.25) is 11.0 Å². The lowest BCUT2D eigenvalue weighted by molar-refractivity contribution is -0.137. The molecule has 5 nitrogen and oxygen atoms in total. The first kappa shape index (κ1) is 17.9. The molecule has 1 aromatic heterocycles. The van der Waals surface area contributed by atoms with Crippen LogP contribution in [0, 0.1) is 0 Å². The van der Waals surface area contributed by atoms with Gasteiger partial charge >= 0.3 is 6.18 Å². The third-order valence-corrected chi connectivity index (χ3v) is 3.98. The first-order valence-corrected chi connectivity index (χ1v) is 8.29. The van der Waals surface area contributed by atoms with Crippen LogP contribution in [0.4, 0.5) is 24.0 Å². The Bertz CT molecular complexity index is 896. The van der Waals surface area contributed by atoms with Gasteiger partial charge in [0.1, 0.15) is 0 Å². The molecular formula is C17H13F3N4OS. The summed E-state index contributed by atoms with van der Waals surface area (Å²) in [6, 6.07) is 13.9. The van der Waals surface area contributed by atoms with Crippen LogP contribution in [0.25, 0.3) is 11.4 Å². The van der Waals surface area contributed by atoms with Gasteiger partial charge in [-0.2, -0.15) is 22.5 Å². The third kappa shape index (κ3) is 4.57. The van der Waals surface area contributed by atoms with Gasteiger partial charge in [-0.1, -0.05) is 36.4 Å². The molecule has 1 heterocycles.